The van der Waals surface area contributed by atoms with Crippen molar-refractivity contribution in [1.82, 2.24) is 10.6 Å². The number of aliphatic hydroxyl groups is 1. The van der Waals surface area contributed by atoms with Crippen LogP contribution in [0.3, 0.4) is 0 Å². The van der Waals surface area contributed by atoms with E-state index in [1.165, 1.54) is 13.2 Å². The van der Waals surface area contributed by atoms with Gasteiger partial charge in [-0.3, -0.25) is 0 Å². The van der Waals surface area contributed by atoms with Gasteiger partial charge < -0.3 is 20.5 Å². The SMILES string of the molecule is COCc1cc(CNC(=O)NC(CCO)C(C)C)ccc1F. The van der Waals surface area contributed by atoms with Crippen LogP contribution < -0.4 is 10.6 Å². The Morgan fingerprint density at radius 2 is 2.14 bits per heavy atom. The number of benzene rings is 1. The third kappa shape index (κ3) is 5.99. The van der Waals surface area contributed by atoms with Crippen molar-refractivity contribution in [3.05, 3.63) is 35.1 Å². The Balaban J connectivity index is 2.54. The van der Waals surface area contributed by atoms with Crippen LogP contribution in [0.25, 0.3) is 0 Å². The number of amides is 2. The lowest BCUT2D eigenvalue weighted by atomic mass is 10.0. The van der Waals surface area contributed by atoms with Gasteiger partial charge in [-0.2, -0.15) is 0 Å². The summed E-state index contributed by atoms with van der Waals surface area (Å²) in [5.74, 6) is -0.0881. The highest BCUT2D eigenvalue weighted by atomic mass is 19.1. The minimum Gasteiger partial charge on any atom is -0.396 e. The molecular weight excluding hydrogens is 287 g/mol. The number of halogens is 1. The zero-order chi connectivity index (χ0) is 16.5. The molecule has 0 saturated heterocycles. The van der Waals surface area contributed by atoms with Gasteiger partial charge in [-0.15, -0.1) is 0 Å². The molecule has 0 aromatic heterocycles. The second-order valence-electron chi connectivity index (χ2n) is 5.55. The van der Waals surface area contributed by atoms with Crippen LogP contribution in [0.5, 0.6) is 0 Å². The minimum atomic E-state index is -0.321. The number of aliphatic hydroxyl groups excluding tert-OH is 1. The average molecular weight is 312 g/mol. The van der Waals surface area contributed by atoms with Crippen molar-refractivity contribution in [3.63, 3.8) is 0 Å². The van der Waals surface area contributed by atoms with Gasteiger partial charge in [-0.05, 0) is 30.0 Å². The molecular formula is C16H25FN2O3. The van der Waals surface area contributed by atoms with Crippen molar-refractivity contribution in [3.8, 4) is 0 Å². The average Bonchev–Trinajstić information content (AvgIpc) is 2.47. The van der Waals surface area contributed by atoms with E-state index in [0.717, 1.165) is 5.56 Å². The summed E-state index contributed by atoms with van der Waals surface area (Å²) in [5, 5.41) is 14.6. The second-order valence-corrected chi connectivity index (χ2v) is 5.55. The first-order valence-corrected chi connectivity index (χ1v) is 7.39. The number of hydrogen-bond donors (Lipinski definition) is 3. The molecule has 22 heavy (non-hydrogen) atoms. The monoisotopic (exact) mass is 312 g/mol. The van der Waals surface area contributed by atoms with E-state index in [4.69, 9.17) is 9.84 Å². The smallest absolute Gasteiger partial charge is 0.315 e. The summed E-state index contributed by atoms with van der Waals surface area (Å²) in [6, 6.07) is 4.29. The molecule has 1 aromatic carbocycles. The molecule has 1 atom stereocenters. The molecule has 1 aromatic rings. The maximum atomic E-state index is 13.5. The standard InChI is InChI=1S/C16H25FN2O3/c1-11(2)15(6-7-20)19-16(21)18-9-12-4-5-14(17)13(8-12)10-22-3/h4-5,8,11,15,20H,6-7,9-10H2,1-3H3,(H2,18,19,21). The summed E-state index contributed by atoms with van der Waals surface area (Å²) in [7, 11) is 1.50. The molecule has 0 heterocycles. The Hall–Kier alpha value is -1.66. The lowest BCUT2D eigenvalue weighted by molar-refractivity contribution is 0.181. The molecule has 0 aliphatic carbocycles. The van der Waals surface area contributed by atoms with Crippen LogP contribution in [0.2, 0.25) is 0 Å². The summed E-state index contributed by atoms with van der Waals surface area (Å²) < 4.78 is 18.4. The fraction of sp³-hybridized carbons (Fsp3) is 0.562. The van der Waals surface area contributed by atoms with Gasteiger partial charge >= 0.3 is 6.03 Å². The van der Waals surface area contributed by atoms with Gasteiger partial charge in [0, 0.05) is 31.9 Å². The zero-order valence-electron chi connectivity index (χ0n) is 13.4. The zero-order valence-corrected chi connectivity index (χ0v) is 13.4. The topological polar surface area (TPSA) is 70.6 Å². The van der Waals surface area contributed by atoms with Crippen LogP contribution in [0.4, 0.5) is 9.18 Å². The van der Waals surface area contributed by atoms with E-state index in [-0.39, 0.29) is 37.0 Å². The first-order chi connectivity index (χ1) is 10.5. The van der Waals surface area contributed by atoms with Gasteiger partial charge in [0.2, 0.25) is 0 Å². The molecule has 0 aliphatic rings. The quantitative estimate of drug-likeness (QED) is 0.689. The molecule has 6 heteroatoms. The van der Waals surface area contributed by atoms with Crippen LogP contribution in [0.1, 0.15) is 31.4 Å². The third-order valence-corrected chi connectivity index (χ3v) is 3.42. The summed E-state index contributed by atoms with van der Waals surface area (Å²) in [6.07, 6.45) is 0.514. The Labute approximate surface area is 130 Å². The molecule has 1 unspecified atom stereocenters. The maximum absolute atomic E-state index is 13.5. The molecule has 0 spiro atoms. The van der Waals surface area contributed by atoms with E-state index in [2.05, 4.69) is 10.6 Å². The highest BCUT2D eigenvalue weighted by molar-refractivity contribution is 5.74. The third-order valence-electron chi connectivity index (χ3n) is 3.42. The van der Waals surface area contributed by atoms with E-state index >= 15 is 0 Å². The van der Waals surface area contributed by atoms with Crippen LogP contribution in [-0.2, 0) is 17.9 Å². The first-order valence-electron chi connectivity index (χ1n) is 7.39. The van der Waals surface area contributed by atoms with Crippen molar-refractivity contribution in [2.45, 2.75) is 39.5 Å². The fourth-order valence-corrected chi connectivity index (χ4v) is 2.12. The van der Waals surface area contributed by atoms with E-state index < -0.39 is 0 Å². The van der Waals surface area contributed by atoms with Gasteiger partial charge in [0.1, 0.15) is 5.82 Å². The Kier molecular flexibility index (Phi) is 7.84. The van der Waals surface area contributed by atoms with E-state index in [0.29, 0.717) is 18.5 Å². The molecule has 5 nitrogen and oxygen atoms in total. The number of rotatable bonds is 8. The van der Waals surface area contributed by atoms with Gasteiger partial charge in [-0.1, -0.05) is 19.9 Å². The lowest BCUT2D eigenvalue weighted by Gasteiger charge is -2.21. The van der Waals surface area contributed by atoms with Crippen molar-refractivity contribution in [1.29, 1.82) is 0 Å². The maximum Gasteiger partial charge on any atom is 0.315 e. The summed E-state index contributed by atoms with van der Waals surface area (Å²) in [4.78, 5) is 11.9. The minimum absolute atomic E-state index is 0.0292. The summed E-state index contributed by atoms with van der Waals surface area (Å²) >= 11 is 0. The van der Waals surface area contributed by atoms with Gasteiger partial charge in [-0.25, -0.2) is 9.18 Å². The highest BCUT2D eigenvalue weighted by Gasteiger charge is 2.15. The summed E-state index contributed by atoms with van der Waals surface area (Å²) in [5.41, 5.74) is 1.26. The van der Waals surface area contributed by atoms with Crippen molar-refractivity contribution < 1.29 is 19.0 Å². The van der Waals surface area contributed by atoms with Gasteiger partial charge in [0.25, 0.3) is 0 Å². The number of hydrogen-bond acceptors (Lipinski definition) is 3. The van der Waals surface area contributed by atoms with Gasteiger partial charge in [0.15, 0.2) is 0 Å². The highest BCUT2D eigenvalue weighted by Crippen LogP contribution is 2.11. The van der Waals surface area contributed by atoms with Crippen LogP contribution >= 0.6 is 0 Å². The Morgan fingerprint density at radius 1 is 1.41 bits per heavy atom. The molecule has 0 radical (unpaired) electrons. The van der Waals surface area contributed by atoms with Crippen LogP contribution in [0, 0.1) is 11.7 Å². The molecule has 2 amide bonds. The molecule has 0 fully saturated rings. The molecule has 3 N–H and O–H groups in total. The fourth-order valence-electron chi connectivity index (χ4n) is 2.12. The summed E-state index contributed by atoms with van der Waals surface area (Å²) in [6.45, 7) is 4.49. The Bertz CT molecular complexity index is 480. The number of nitrogens with one attached hydrogen (secondary N) is 2. The predicted molar refractivity (Wildman–Crippen MR) is 82.8 cm³/mol. The second kappa shape index (κ2) is 9.38. The van der Waals surface area contributed by atoms with E-state index in [1.807, 2.05) is 13.8 Å². The molecule has 1 rings (SSSR count). The van der Waals surface area contributed by atoms with Crippen molar-refractivity contribution in [2.24, 2.45) is 5.92 Å². The molecule has 124 valence electrons. The lowest BCUT2D eigenvalue weighted by Crippen LogP contribution is -2.44. The molecule has 0 bridgehead atoms. The Morgan fingerprint density at radius 3 is 2.73 bits per heavy atom. The number of methoxy groups -OCH3 is 1. The van der Waals surface area contributed by atoms with Crippen molar-refractivity contribution >= 4 is 6.03 Å². The van der Waals surface area contributed by atoms with Crippen molar-refractivity contribution in [2.75, 3.05) is 13.7 Å². The number of urea groups is 1. The molecule has 0 aliphatic heterocycles. The number of ether oxygens (including phenoxy) is 1. The number of carbonyl (C=O) groups is 1. The van der Waals surface area contributed by atoms with E-state index in [9.17, 15) is 9.18 Å². The number of carbonyl (C=O) groups excluding carboxylic acids is 1. The van der Waals surface area contributed by atoms with E-state index in [1.54, 1.807) is 12.1 Å². The largest absolute Gasteiger partial charge is 0.396 e. The first kappa shape index (κ1) is 18.4. The van der Waals surface area contributed by atoms with Crippen LogP contribution in [0.15, 0.2) is 18.2 Å². The van der Waals surface area contributed by atoms with Crippen LogP contribution in [-0.4, -0.2) is 30.9 Å². The molecule has 0 saturated carbocycles. The normalized spacial score (nSPS) is 12.3. The van der Waals surface area contributed by atoms with Gasteiger partial charge in [0.05, 0.1) is 6.61 Å². The predicted octanol–water partition coefficient (Wildman–Crippen LogP) is 2.18.